The summed E-state index contributed by atoms with van der Waals surface area (Å²) < 4.78 is 3.03. The Morgan fingerprint density at radius 3 is 2.65 bits per heavy atom. The Morgan fingerprint density at radius 2 is 2.00 bits per heavy atom. The lowest BCUT2D eigenvalue weighted by molar-refractivity contribution is 0.0761. The second kappa shape index (κ2) is 8.01. The molecular weight excluding hydrogens is 380 g/mol. The van der Waals surface area contributed by atoms with E-state index in [1.807, 2.05) is 17.2 Å². The van der Waals surface area contributed by atoms with Crippen LogP contribution in [0.2, 0.25) is 0 Å². The van der Waals surface area contributed by atoms with Crippen LogP contribution in [0.1, 0.15) is 36.8 Å². The highest BCUT2D eigenvalue weighted by Gasteiger charge is 2.32. The molecule has 0 radical (unpaired) electrons. The number of nitrogens with zero attached hydrogens (tertiary/aromatic N) is 3. The number of carbonyl (C=O) groups is 1. The predicted octanol–water partition coefficient (Wildman–Crippen LogP) is 2.37. The lowest BCUT2D eigenvalue weighted by Crippen LogP contribution is -2.49. The molecule has 5 nitrogen and oxygen atoms in total. The van der Waals surface area contributed by atoms with E-state index in [9.17, 15) is 4.79 Å². The number of carbonyl (C=O) groups excluding carboxylic acids is 1. The highest BCUT2D eigenvalue weighted by molar-refractivity contribution is 9.10. The zero-order valence-electron chi connectivity index (χ0n) is 13.8. The van der Waals surface area contributed by atoms with Gasteiger partial charge in [-0.2, -0.15) is 0 Å². The van der Waals surface area contributed by atoms with Crippen molar-refractivity contribution in [3.63, 3.8) is 0 Å². The van der Waals surface area contributed by atoms with Crippen molar-refractivity contribution in [3.05, 3.63) is 22.4 Å². The fraction of sp³-hybridized carbons (Fsp3) is 0.688. The second-order valence-electron chi connectivity index (χ2n) is 6.52. The number of likely N-dealkylation sites (tertiary alicyclic amines) is 1. The number of hydrogen-bond donors (Lipinski definition) is 1. The van der Waals surface area contributed by atoms with Crippen LogP contribution < -0.4 is 5.32 Å². The fourth-order valence-electron chi connectivity index (χ4n) is 3.48. The molecule has 1 N–H and O–H groups in total. The summed E-state index contributed by atoms with van der Waals surface area (Å²) in [5.41, 5.74) is 0.794. The summed E-state index contributed by atoms with van der Waals surface area (Å²) in [5.74, 6) is 0.164. The summed E-state index contributed by atoms with van der Waals surface area (Å²) in [7, 11) is 0. The minimum atomic E-state index is 0. The first-order valence-corrected chi connectivity index (χ1v) is 8.97. The van der Waals surface area contributed by atoms with Crippen molar-refractivity contribution in [2.24, 2.45) is 0 Å². The van der Waals surface area contributed by atoms with Gasteiger partial charge in [0.05, 0.1) is 0 Å². The van der Waals surface area contributed by atoms with Crippen molar-refractivity contribution in [1.29, 1.82) is 0 Å². The van der Waals surface area contributed by atoms with Crippen molar-refractivity contribution in [2.45, 2.75) is 32.4 Å². The van der Waals surface area contributed by atoms with Gasteiger partial charge >= 0.3 is 0 Å². The van der Waals surface area contributed by atoms with Gasteiger partial charge in [0, 0.05) is 62.0 Å². The lowest BCUT2D eigenvalue weighted by Gasteiger charge is -2.32. The van der Waals surface area contributed by atoms with Crippen molar-refractivity contribution >= 4 is 34.2 Å². The van der Waals surface area contributed by atoms with Gasteiger partial charge < -0.3 is 14.8 Å². The minimum Gasteiger partial charge on any atom is -0.340 e. The Labute approximate surface area is 152 Å². The van der Waals surface area contributed by atoms with Crippen LogP contribution in [0.3, 0.4) is 0 Å². The fourth-order valence-corrected chi connectivity index (χ4v) is 3.92. The molecule has 3 heterocycles. The summed E-state index contributed by atoms with van der Waals surface area (Å²) in [6, 6.07) is 2.76. The van der Waals surface area contributed by atoms with Crippen LogP contribution >= 0.6 is 28.3 Å². The number of rotatable bonds is 3. The Balaban J connectivity index is 0.00000192. The van der Waals surface area contributed by atoms with E-state index in [0.29, 0.717) is 6.04 Å². The molecule has 1 atom stereocenters. The summed E-state index contributed by atoms with van der Waals surface area (Å²) in [4.78, 5) is 17.4. The first-order valence-electron chi connectivity index (χ1n) is 8.17. The molecule has 130 valence electrons. The maximum Gasteiger partial charge on any atom is 0.270 e. The van der Waals surface area contributed by atoms with Gasteiger partial charge in [-0.25, -0.2) is 0 Å². The largest absolute Gasteiger partial charge is 0.340 e. The lowest BCUT2D eigenvalue weighted by atomic mass is 10.2. The molecule has 0 aromatic carbocycles. The van der Waals surface area contributed by atoms with Gasteiger partial charge in [-0.15, -0.1) is 12.4 Å². The van der Waals surface area contributed by atoms with Crippen LogP contribution in [0.5, 0.6) is 0 Å². The van der Waals surface area contributed by atoms with E-state index in [-0.39, 0.29) is 24.4 Å². The van der Waals surface area contributed by atoms with Crippen molar-refractivity contribution in [1.82, 2.24) is 19.7 Å². The molecular formula is C16H26BrClN4O. The number of hydrogen-bond acceptors (Lipinski definition) is 3. The summed E-state index contributed by atoms with van der Waals surface area (Å²) in [6.45, 7) is 10.3. The van der Waals surface area contributed by atoms with Crippen LogP contribution in [-0.2, 0) is 0 Å². The maximum absolute atomic E-state index is 12.9. The van der Waals surface area contributed by atoms with Crippen LogP contribution in [0.25, 0.3) is 0 Å². The quantitative estimate of drug-likeness (QED) is 0.839. The molecule has 1 amide bonds. The number of halogens is 2. The van der Waals surface area contributed by atoms with Crippen LogP contribution in [-0.4, -0.2) is 65.6 Å². The van der Waals surface area contributed by atoms with Gasteiger partial charge in [0.15, 0.2) is 0 Å². The summed E-state index contributed by atoms with van der Waals surface area (Å²) >= 11 is 3.50. The average Bonchev–Trinajstić information content (AvgIpc) is 3.14. The molecule has 1 aromatic heterocycles. The van der Waals surface area contributed by atoms with Gasteiger partial charge in [0.25, 0.3) is 5.91 Å². The Kier molecular flexibility index (Phi) is 6.54. The van der Waals surface area contributed by atoms with Gasteiger partial charge in [0.1, 0.15) is 5.69 Å². The molecule has 0 aliphatic carbocycles. The van der Waals surface area contributed by atoms with E-state index < -0.39 is 0 Å². The van der Waals surface area contributed by atoms with E-state index in [0.717, 1.165) is 55.9 Å². The molecule has 1 aromatic rings. The van der Waals surface area contributed by atoms with Gasteiger partial charge in [-0.05, 0) is 42.3 Å². The van der Waals surface area contributed by atoms with Crippen LogP contribution in [0.4, 0.5) is 0 Å². The molecule has 1 unspecified atom stereocenters. The smallest absolute Gasteiger partial charge is 0.270 e. The van der Waals surface area contributed by atoms with E-state index in [4.69, 9.17) is 0 Å². The van der Waals surface area contributed by atoms with E-state index in [2.05, 4.69) is 44.6 Å². The van der Waals surface area contributed by atoms with Gasteiger partial charge in [-0.1, -0.05) is 0 Å². The van der Waals surface area contributed by atoms with Gasteiger partial charge in [-0.3, -0.25) is 9.69 Å². The number of amides is 1. The second-order valence-corrected chi connectivity index (χ2v) is 7.44. The third kappa shape index (κ3) is 4.10. The number of nitrogens with one attached hydrogen (secondary N) is 1. The molecule has 2 fully saturated rings. The molecule has 2 aliphatic heterocycles. The Morgan fingerprint density at radius 1 is 1.30 bits per heavy atom. The third-order valence-corrected chi connectivity index (χ3v) is 5.14. The standard InChI is InChI=1S/C16H25BrN4O.ClH/c1-12(2)21-10-13(17)9-15(21)16(22)20-6-3-14(11-20)19-7-4-18-5-8-19;/h9-10,12,14,18H,3-8,11H2,1-2H3;1H. The molecule has 0 spiro atoms. The highest BCUT2D eigenvalue weighted by Crippen LogP contribution is 2.23. The number of aromatic nitrogens is 1. The topological polar surface area (TPSA) is 40.5 Å². The SMILES string of the molecule is CC(C)n1cc(Br)cc1C(=O)N1CCC(N2CCNCC2)C1.Cl. The maximum atomic E-state index is 12.9. The zero-order chi connectivity index (χ0) is 15.7. The Bertz CT molecular complexity index is 542. The van der Waals surface area contributed by atoms with Crippen LogP contribution in [0.15, 0.2) is 16.7 Å². The minimum absolute atomic E-state index is 0. The predicted molar refractivity (Wildman–Crippen MR) is 98.5 cm³/mol. The van der Waals surface area contributed by atoms with E-state index >= 15 is 0 Å². The zero-order valence-corrected chi connectivity index (χ0v) is 16.2. The normalized spacial score (nSPS) is 22.4. The third-order valence-electron chi connectivity index (χ3n) is 4.71. The van der Waals surface area contributed by atoms with E-state index in [1.165, 1.54) is 0 Å². The Hall–Kier alpha value is -0.560. The molecule has 0 saturated carbocycles. The highest BCUT2D eigenvalue weighted by atomic mass is 79.9. The summed E-state index contributed by atoms with van der Waals surface area (Å²) in [5, 5.41) is 3.39. The van der Waals surface area contributed by atoms with Crippen molar-refractivity contribution in [3.8, 4) is 0 Å². The molecule has 2 aliphatic rings. The first kappa shape index (κ1) is 18.8. The molecule has 0 bridgehead atoms. The monoisotopic (exact) mass is 404 g/mol. The number of piperazine rings is 1. The van der Waals surface area contributed by atoms with Gasteiger partial charge in [0.2, 0.25) is 0 Å². The molecule has 3 rings (SSSR count). The van der Waals surface area contributed by atoms with Crippen LogP contribution in [0, 0.1) is 0 Å². The molecule has 7 heteroatoms. The van der Waals surface area contributed by atoms with Crippen molar-refractivity contribution in [2.75, 3.05) is 39.3 Å². The molecule has 23 heavy (non-hydrogen) atoms. The average molecular weight is 406 g/mol. The summed E-state index contributed by atoms with van der Waals surface area (Å²) in [6.07, 6.45) is 3.09. The van der Waals surface area contributed by atoms with Crippen molar-refractivity contribution < 1.29 is 4.79 Å². The molecule has 2 saturated heterocycles. The van der Waals surface area contributed by atoms with E-state index in [1.54, 1.807) is 0 Å². The first-order chi connectivity index (χ1) is 10.6.